The first-order chi connectivity index (χ1) is 13.7. The third-order valence-corrected chi connectivity index (χ3v) is 6.20. The van der Waals surface area contributed by atoms with Gasteiger partial charge in [0.15, 0.2) is 5.76 Å². The first-order valence-corrected chi connectivity index (χ1v) is 10.1. The molecule has 4 heterocycles. The molecular weight excluding hydrogens is 379 g/mol. The maximum atomic E-state index is 13.5. The van der Waals surface area contributed by atoms with E-state index in [0.29, 0.717) is 16.5 Å². The zero-order valence-corrected chi connectivity index (χ0v) is 15.9. The molecule has 6 nitrogen and oxygen atoms in total. The number of fused-ring (bicyclic) bond motifs is 1. The van der Waals surface area contributed by atoms with E-state index in [2.05, 4.69) is 15.0 Å². The highest BCUT2D eigenvalue weighted by Crippen LogP contribution is 2.41. The van der Waals surface area contributed by atoms with E-state index in [1.54, 1.807) is 30.5 Å². The summed E-state index contributed by atoms with van der Waals surface area (Å²) in [5.74, 6) is 0.804. The lowest BCUT2D eigenvalue weighted by Crippen LogP contribution is -2.34. The van der Waals surface area contributed by atoms with E-state index in [0.717, 1.165) is 36.4 Å². The molecule has 3 aromatic heterocycles. The number of thiazole rings is 1. The Kier molecular flexibility index (Phi) is 4.37. The number of furan rings is 1. The molecule has 5 rings (SSSR count). The maximum absolute atomic E-state index is 13.5. The van der Waals surface area contributed by atoms with Gasteiger partial charge in [0.25, 0.3) is 0 Å². The summed E-state index contributed by atoms with van der Waals surface area (Å²) in [5, 5.41) is 15.4. The van der Waals surface area contributed by atoms with Gasteiger partial charge in [-0.25, -0.2) is 4.39 Å². The van der Waals surface area contributed by atoms with Gasteiger partial charge in [-0.1, -0.05) is 29.9 Å². The number of aromatic nitrogens is 3. The second-order valence-corrected chi connectivity index (χ2v) is 7.96. The van der Waals surface area contributed by atoms with E-state index in [1.807, 2.05) is 0 Å². The minimum Gasteiger partial charge on any atom is -0.492 e. The van der Waals surface area contributed by atoms with E-state index in [9.17, 15) is 9.50 Å². The summed E-state index contributed by atoms with van der Waals surface area (Å²) >= 11 is 1.41. The Morgan fingerprint density at radius 2 is 1.89 bits per heavy atom. The van der Waals surface area contributed by atoms with Gasteiger partial charge in [0, 0.05) is 0 Å². The number of hydrogen-bond donors (Lipinski definition) is 1. The van der Waals surface area contributed by atoms with Crippen LogP contribution >= 0.6 is 11.3 Å². The molecule has 0 unspecified atom stereocenters. The topological polar surface area (TPSA) is 66.8 Å². The lowest BCUT2D eigenvalue weighted by atomic mass is 10.0. The number of aromatic hydroxyl groups is 1. The number of halogens is 1. The van der Waals surface area contributed by atoms with Gasteiger partial charge in [0.1, 0.15) is 5.82 Å². The van der Waals surface area contributed by atoms with E-state index >= 15 is 0 Å². The highest BCUT2D eigenvalue weighted by Gasteiger charge is 2.30. The van der Waals surface area contributed by atoms with Crippen LogP contribution in [0.3, 0.4) is 0 Å². The van der Waals surface area contributed by atoms with Gasteiger partial charge in [0.2, 0.25) is 16.7 Å². The molecule has 0 bridgehead atoms. The first kappa shape index (κ1) is 17.4. The Balaban J connectivity index is 1.59. The van der Waals surface area contributed by atoms with Crippen LogP contribution in [0.25, 0.3) is 16.5 Å². The van der Waals surface area contributed by atoms with Crippen LogP contribution in [0, 0.1) is 5.82 Å². The van der Waals surface area contributed by atoms with E-state index in [4.69, 9.17) is 4.42 Å². The molecule has 1 saturated heterocycles. The zero-order valence-electron chi connectivity index (χ0n) is 15.1. The summed E-state index contributed by atoms with van der Waals surface area (Å²) in [7, 11) is 0. The van der Waals surface area contributed by atoms with Crippen LogP contribution in [-0.2, 0) is 0 Å². The van der Waals surface area contributed by atoms with Crippen molar-refractivity contribution in [3.8, 4) is 17.5 Å². The van der Waals surface area contributed by atoms with Gasteiger partial charge in [-0.05, 0) is 55.8 Å². The molecule has 1 N–H and O–H groups in total. The Morgan fingerprint density at radius 1 is 1.11 bits per heavy atom. The monoisotopic (exact) mass is 398 g/mol. The van der Waals surface area contributed by atoms with Crippen molar-refractivity contribution in [1.82, 2.24) is 19.5 Å². The number of nitrogens with zero attached hydrogens (tertiary/aromatic N) is 4. The number of piperidine rings is 1. The van der Waals surface area contributed by atoms with E-state index in [-0.39, 0.29) is 17.7 Å². The number of likely N-dealkylation sites (tertiary alicyclic amines) is 1. The van der Waals surface area contributed by atoms with Crippen molar-refractivity contribution in [3.63, 3.8) is 0 Å². The van der Waals surface area contributed by atoms with Crippen molar-refractivity contribution in [2.75, 3.05) is 13.1 Å². The van der Waals surface area contributed by atoms with Crippen LogP contribution in [0.4, 0.5) is 4.39 Å². The summed E-state index contributed by atoms with van der Waals surface area (Å²) in [6.07, 6.45) is 5.00. The van der Waals surface area contributed by atoms with Crippen molar-refractivity contribution in [2.24, 2.45) is 0 Å². The van der Waals surface area contributed by atoms with Crippen LogP contribution in [0.2, 0.25) is 0 Å². The second kappa shape index (κ2) is 7.03. The SMILES string of the molecule is Oc1c([C@H](c2ccc(F)cc2)N2CCCCC2)sc2nc(-c3ccco3)nn12. The normalized spacial score (nSPS) is 16.6. The quantitative estimate of drug-likeness (QED) is 0.549. The molecule has 0 amide bonds. The molecular formula is C20H19FN4O2S. The van der Waals surface area contributed by atoms with Gasteiger partial charge >= 0.3 is 0 Å². The fourth-order valence-electron chi connectivity index (χ4n) is 3.79. The summed E-state index contributed by atoms with van der Waals surface area (Å²) in [4.78, 5) is 8.23. The Labute approximate surface area is 164 Å². The molecule has 0 aliphatic carbocycles. The zero-order chi connectivity index (χ0) is 19.1. The van der Waals surface area contributed by atoms with Gasteiger partial charge in [-0.3, -0.25) is 4.90 Å². The predicted molar refractivity (Wildman–Crippen MR) is 104 cm³/mol. The first-order valence-electron chi connectivity index (χ1n) is 9.32. The van der Waals surface area contributed by atoms with Gasteiger partial charge < -0.3 is 9.52 Å². The molecule has 144 valence electrons. The molecule has 28 heavy (non-hydrogen) atoms. The van der Waals surface area contributed by atoms with E-state index in [1.165, 1.54) is 34.4 Å². The summed E-state index contributed by atoms with van der Waals surface area (Å²) in [6, 6.07) is 9.92. The van der Waals surface area contributed by atoms with Crippen molar-refractivity contribution in [3.05, 3.63) is 58.9 Å². The maximum Gasteiger partial charge on any atom is 0.230 e. The largest absolute Gasteiger partial charge is 0.492 e. The van der Waals surface area contributed by atoms with Crippen LogP contribution in [0.15, 0.2) is 47.1 Å². The molecule has 1 fully saturated rings. The predicted octanol–water partition coefficient (Wildman–Crippen LogP) is 4.47. The molecule has 1 atom stereocenters. The Morgan fingerprint density at radius 3 is 2.57 bits per heavy atom. The molecule has 0 saturated carbocycles. The van der Waals surface area contributed by atoms with Crippen molar-refractivity contribution >= 4 is 16.3 Å². The number of hydrogen-bond acceptors (Lipinski definition) is 6. The lowest BCUT2D eigenvalue weighted by Gasteiger charge is -2.34. The molecule has 4 aromatic rings. The Bertz CT molecular complexity index is 1080. The fraction of sp³-hybridized carbons (Fsp3) is 0.300. The molecule has 8 heteroatoms. The average molecular weight is 398 g/mol. The molecule has 1 aliphatic heterocycles. The highest BCUT2D eigenvalue weighted by molar-refractivity contribution is 7.17. The minimum absolute atomic E-state index is 0.0743. The third-order valence-electron chi connectivity index (χ3n) is 5.13. The van der Waals surface area contributed by atoms with Crippen LogP contribution in [-0.4, -0.2) is 37.7 Å². The smallest absolute Gasteiger partial charge is 0.230 e. The Hall–Kier alpha value is -2.71. The average Bonchev–Trinajstić information content (AvgIpc) is 3.43. The molecule has 1 aliphatic rings. The van der Waals surface area contributed by atoms with Crippen molar-refractivity contribution in [1.29, 1.82) is 0 Å². The van der Waals surface area contributed by atoms with Gasteiger partial charge in [0.05, 0.1) is 17.2 Å². The molecule has 1 aromatic carbocycles. The molecule has 0 radical (unpaired) electrons. The van der Waals surface area contributed by atoms with Crippen LogP contribution in [0.5, 0.6) is 5.88 Å². The third kappa shape index (κ3) is 2.98. The fourth-order valence-corrected chi connectivity index (χ4v) is 4.91. The summed E-state index contributed by atoms with van der Waals surface area (Å²) in [6.45, 7) is 1.87. The van der Waals surface area contributed by atoms with Crippen LogP contribution in [0.1, 0.15) is 35.7 Å². The second-order valence-electron chi connectivity index (χ2n) is 6.95. The van der Waals surface area contributed by atoms with Crippen LogP contribution < -0.4 is 0 Å². The van der Waals surface area contributed by atoms with Gasteiger partial charge in [-0.15, -0.1) is 5.10 Å². The summed E-state index contributed by atoms with van der Waals surface area (Å²) in [5.41, 5.74) is 0.953. The minimum atomic E-state index is -0.267. The van der Waals surface area contributed by atoms with Crippen molar-refractivity contribution in [2.45, 2.75) is 25.3 Å². The standard InChI is InChI=1S/C20H19FN4O2S/c21-14-8-6-13(7-9-14)16(24-10-2-1-3-11-24)17-19(26)25-20(28-17)22-18(23-25)15-5-4-12-27-15/h4-9,12,16,26H,1-3,10-11H2/t16-/m0/s1. The lowest BCUT2D eigenvalue weighted by molar-refractivity contribution is 0.186. The van der Waals surface area contributed by atoms with E-state index < -0.39 is 0 Å². The number of benzene rings is 1. The highest BCUT2D eigenvalue weighted by atomic mass is 32.1. The number of rotatable bonds is 4. The van der Waals surface area contributed by atoms with Gasteiger partial charge in [-0.2, -0.15) is 9.50 Å². The summed E-state index contributed by atoms with van der Waals surface area (Å²) < 4.78 is 20.3. The molecule has 0 spiro atoms. The van der Waals surface area contributed by atoms with Crippen molar-refractivity contribution < 1.29 is 13.9 Å².